The maximum Gasteiger partial charge on any atom is 0.238 e. The Morgan fingerprint density at radius 1 is 1.28 bits per heavy atom. The molecule has 0 bridgehead atoms. The van der Waals surface area contributed by atoms with Gasteiger partial charge in [0.05, 0.1) is 10.6 Å². The number of rotatable bonds is 4. The number of nitrogens with two attached hydrogens (primary N) is 1. The zero-order valence-corrected chi connectivity index (χ0v) is 10.6. The molecule has 2 rings (SSSR count). The summed E-state index contributed by atoms with van der Waals surface area (Å²) in [5.74, 6) is 0.563. The van der Waals surface area contributed by atoms with Crippen molar-refractivity contribution in [3.63, 3.8) is 0 Å². The monoisotopic (exact) mass is 267 g/mol. The number of aryl methyl sites for hydroxylation is 1. The summed E-state index contributed by atoms with van der Waals surface area (Å²) in [6.07, 6.45) is 1.82. The van der Waals surface area contributed by atoms with Crippen LogP contribution < -0.4 is 9.88 Å². The number of hydrogen-bond acceptors (Lipinski definition) is 4. The van der Waals surface area contributed by atoms with Crippen molar-refractivity contribution in [1.82, 2.24) is 9.78 Å². The lowest BCUT2D eigenvalue weighted by atomic mass is 10.3. The van der Waals surface area contributed by atoms with Crippen molar-refractivity contribution < 1.29 is 13.2 Å². The maximum absolute atomic E-state index is 11.1. The number of nitrogens with zero attached hydrogens (tertiary/aromatic N) is 2. The van der Waals surface area contributed by atoms with Crippen LogP contribution in [-0.2, 0) is 23.7 Å². The van der Waals surface area contributed by atoms with E-state index < -0.39 is 10.0 Å². The van der Waals surface area contributed by atoms with E-state index in [0.29, 0.717) is 12.4 Å². The second-order valence-electron chi connectivity index (χ2n) is 3.79. The van der Waals surface area contributed by atoms with E-state index in [2.05, 4.69) is 5.10 Å². The van der Waals surface area contributed by atoms with Gasteiger partial charge in [0.15, 0.2) is 0 Å². The Kier molecular flexibility index (Phi) is 3.35. The second-order valence-corrected chi connectivity index (χ2v) is 5.35. The van der Waals surface area contributed by atoms with Gasteiger partial charge in [-0.05, 0) is 30.3 Å². The molecule has 1 aromatic heterocycles. The molecule has 0 atom stereocenters. The minimum absolute atomic E-state index is 0.0627. The van der Waals surface area contributed by atoms with Crippen molar-refractivity contribution >= 4 is 10.0 Å². The summed E-state index contributed by atoms with van der Waals surface area (Å²) in [4.78, 5) is 0.0627. The third-order valence-corrected chi connectivity index (χ3v) is 3.24. The number of benzene rings is 1. The van der Waals surface area contributed by atoms with Crippen LogP contribution in [0.3, 0.4) is 0 Å². The molecular weight excluding hydrogens is 254 g/mol. The molecule has 96 valence electrons. The molecule has 1 aromatic carbocycles. The largest absolute Gasteiger partial charge is 0.487 e. The lowest BCUT2D eigenvalue weighted by Gasteiger charge is -2.04. The van der Waals surface area contributed by atoms with Crippen LogP contribution in [0.5, 0.6) is 5.75 Å². The van der Waals surface area contributed by atoms with Crippen molar-refractivity contribution in [2.75, 3.05) is 0 Å². The fourth-order valence-corrected chi connectivity index (χ4v) is 1.94. The smallest absolute Gasteiger partial charge is 0.238 e. The zero-order valence-electron chi connectivity index (χ0n) is 9.78. The molecule has 7 heteroatoms. The zero-order chi connectivity index (χ0) is 13.2. The van der Waals surface area contributed by atoms with Gasteiger partial charge in [0.2, 0.25) is 10.0 Å². The Bertz CT molecular complexity index is 632. The average Bonchev–Trinajstić information content (AvgIpc) is 2.72. The van der Waals surface area contributed by atoms with Crippen molar-refractivity contribution in [3.8, 4) is 5.75 Å². The van der Waals surface area contributed by atoms with Crippen LogP contribution in [0.15, 0.2) is 41.4 Å². The molecule has 0 amide bonds. The van der Waals surface area contributed by atoms with E-state index in [9.17, 15) is 8.42 Å². The molecule has 0 radical (unpaired) electrons. The fraction of sp³-hybridized carbons (Fsp3) is 0.182. The normalized spacial score (nSPS) is 11.4. The first-order valence-corrected chi connectivity index (χ1v) is 6.74. The standard InChI is InChI=1S/C11H13N3O3S/c1-14-7-6-9(13-14)8-17-10-2-4-11(5-3-10)18(12,15)16/h2-7H,8H2,1H3,(H2,12,15,16). The minimum atomic E-state index is -3.65. The fourth-order valence-electron chi connectivity index (χ4n) is 1.42. The summed E-state index contributed by atoms with van der Waals surface area (Å²) >= 11 is 0. The minimum Gasteiger partial charge on any atom is -0.487 e. The topological polar surface area (TPSA) is 87.2 Å². The van der Waals surface area contributed by atoms with E-state index in [4.69, 9.17) is 9.88 Å². The van der Waals surface area contributed by atoms with E-state index in [1.54, 1.807) is 16.8 Å². The van der Waals surface area contributed by atoms with Crippen LogP contribution in [0.25, 0.3) is 0 Å². The van der Waals surface area contributed by atoms with Crippen LogP contribution in [0.2, 0.25) is 0 Å². The van der Waals surface area contributed by atoms with Gasteiger partial charge < -0.3 is 4.74 Å². The highest BCUT2D eigenvalue weighted by atomic mass is 32.2. The van der Waals surface area contributed by atoms with Gasteiger partial charge in [-0.1, -0.05) is 0 Å². The molecular formula is C11H13N3O3S. The molecule has 0 saturated heterocycles. The first-order chi connectivity index (χ1) is 8.45. The molecule has 0 fully saturated rings. The van der Waals surface area contributed by atoms with Crippen LogP contribution in [-0.4, -0.2) is 18.2 Å². The number of ether oxygens (including phenoxy) is 1. The van der Waals surface area contributed by atoms with E-state index in [0.717, 1.165) is 5.69 Å². The number of sulfonamides is 1. The van der Waals surface area contributed by atoms with Gasteiger partial charge in [0.1, 0.15) is 12.4 Å². The lowest BCUT2D eigenvalue weighted by Crippen LogP contribution is -2.11. The molecule has 0 aliphatic rings. The quantitative estimate of drug-likeness (QED) is 0.881. The summed E-state index contributed by atoms with van der Waals surface area (Å²) < 4.78 is 29.2. The molecule has 0 unspecified atom stereocenters. The van der Waals surface area contributed by atoms with Gasteiger partial charge in [0, 0.05) is 13.2 Å². The van der Waals surface area contributed by atoms with Gasteiger partial charge >= 0.3 is 0 Å². The molecule has 0 saturated carbocycles. The third kappa shape index (κ3) is 3.08. The number of hydrogen-bond donors (Lipinski definition) is 1. The molecule has 6 nitrogen and oxygen atoms in total. The molecule has 0 aliphatic heterocycles. The maximum atomic E-state index is 11.1. The third-order valence-electron chi connectivity index (χ3n) is 2.31. The Morgan fingerprint density at radius 3 is 2.44 bits per heavy atom. The van der Waals surface area contributed by atoms with Crippen LogP contribution in [0.4, 0.5) is 0 Å². The Morgan fingerprint density at radius 2 is 1.94 bits per heavy atom. The average molecular weight is 267 g/mol. The summed E-state index contributed by atoms with van der Waals surface area (Å²) in [5, 5.41) is 9.15. The van der Waals surface area contributed by atoms with E-state index in [1.807, 2.05) is 19.3 Å². The SMILES string of the molecule is Cn1ccc(COc2ccc(S(N)(=O)=O)cc2)n1. The van der Waals surface area contributed by atoms with E-state index >= 15 is 0 Å². The molecule has 0 spiro atoms. The number of aromatic nitrogens is 2. The summed E-state index contributed by atoms with van der Waals surface area (Å²) in [7, 11) is -1.83. The molecule has 0 aliphatic carbocycles. The Labute approximate surface area is 105 Å². The molecule has 2 N–H and O–H groups in total. The van der Waals surface area contributed by atoms with Gasteiger partial charge in [0.25, 0.3) is 0 Å². The first kappa shape index (κ1) is 12.6. The van der Waals surface area contributed by atoms with Gasteiger partial charge in [-0.15, -0.1) is 0 Å². The molecule has 1 heterocycles. The summed E-state index contributed by atoms with van der Waals surface area (Å²) in [6.45, 7) is 0.329. The van der Waals surface area contributed by atoms with Gasteiger partial charge in [-0.25, -0.2) is 13.6 Å². The van der Waals surface area contributed by atoms with Crippen molar-refractivity contribution in [1.29, 1.82) is 0 Å². The van der Waals surface area contributed by atoms with Gasteiger partial charge in [-0.2, -0.15) is 5.10 Å². The van der Waals surface area contributed by atoms with Crippen molar-refractivity contribution in [2.45, 2.75) is 11.5 Å². The molecule has 2 aromatic rings. The Hall–Kier alpha value is -1.86. The first-order valence-electron chi connectivity index (χ1n) is 5.19. The number of primary sulfonamides is 1. The van der Waals surface area contributed by atoms with Crippen molar-refractivity contribution in [3.05, 3.63) is 42.2 Å². The lowest BCUT2D eigenvalue weighted by molar-refractivity contribution is 0.300. The predicted octanol–water partition coefficient (Wildman–Crippen LogP) is 0.647. The van der Waals surface area contributed by atoms with E-state index in [-0.39, 0.29) is 4.90 Å². The molecule has 18 heavy (non-hydrogen) atoms. The second kappa shape index (κ2) is 4.79. The van der Waals surface area contributed by atoms with Crippen molar-refractivity contribution in [2.24, 2.45) is 12.2 Å². The van der Waals surface area contributed by atoms with Crippen LogP contribution >= 0.6 is 0 Å². The van der Waals surface area contributed by atoms with Gasteiger partial charge in [-0.3, -0.25) is 4.68 Å². The highest BCUT2D eigenvalue weighted by Gasteiger charge is 2.07. The Balaban J connectivity index is 2.03. The van der Waals surface area contributed by atoms with Crippen LogP contribution in [0, 0.1) is 0 Å². The highest BCUT2D eigenvalue weighted by molar-refractivity contribution is 7.89. The van der Waals surface area contributed by atoms with E-state index in [1.165, 1.54) is 12.1 Å². The summed E-state index contributed by atoms with van der Waals surface area (Å²) in [5.41, 5.74) is 0.799. The summed E-state index contributed by atoms with van der Waals surface area (Å²) in [6, 6.07) is 7.77. The highest BCUT2D eigenvalue weighted by Crippen LogP contribution is 2.15. The van der Waals surface area contributed by atoms with Crippen LogP contribution in [0.1, 0.15) is 5.69 Å². The predicted molar refractivity (Wildman–Crippen MR) is 65.4 cm³/mol.